The number of nitrogens with one attached hydrogen (secondary N) is 2. The number of carboxylic acid groups (broad SMARTS) is 1. The van der Waals surface area contributed by atoms with Gasteiger partial charge >= 0.3 is 12.0 Å². The Morgan fingerprint density at radius 1 is 1.47 bits per heavy atom. The molecule has 0 bridgehead atoms. The summed E-state index contributed by atoms with van der Waals surface area (Å²) in [4.78, 5) is 23.9. The molecule has 0 radical (unpaired) electrons. The molecule has 2 amide bonds. The standard InChI is InChI=1S/C10H19N3O4/c1-13(7-2-4-11-5-3-7)10(17)12-8(6-14)9(15)16/h7-8,11,14H,2-6H2,1H3,(H,12,17)(H,15,16)/t8-/m0/s1. The molecule has 1 aliphatic rings. The lowest BCUT2D eigenvalue weighted by molar-refractivity contribution is -0.140. The Bertz CT molecular complexity index is 279. The third kappa shape index (κ3) is 3.86. The Balaban J connectivity index is 2.47. The first-order chi connectivity index (χ1) is 8.06. The second-order valence-corrected chi connectivity index (χ2v) is 4.11. The van der Waals surface area contributed by atoms with E-state index in [4.69, 9.17) is 10.2 Å². The minimum Gasteiger partial charge on any atom is -0.480 e. The van der Waals surface area contributed by atoms with Gasteiger partial charge < -0.3 is 25.7 Å². The minimum absolute atomic E-state index is 0.115. The maximum atomic E-state index is 11.7. The Morgan fingerprint density at radius 2 is 2.06 bits per heavy atom. The van der Waals surface area contributed by atoms with Crippen molar-refractivity contribution in [3.63, 3.8) is 0 Å². The first-order valence-corrected chi connectivity index (χ1v) is 5.64. The van der Waals surface area contributed by atoms with Gasteiger partial charge in [0.15, 0.2) is 6.04 Å². The fraction of sp³-hybridized carbons (Fsp3) is 0.800. The van der Waals surface area contributed by atoms with E-state index in [1.807, 2.05) is 0 Å². The van der Waals surface area contributed by atoms with Gasteiger partial charge in [-0.05, 0) is 25.9 Å². The van der Waals surface area contributed by atoms with Crippen molar-refractivity contribution in [2.45, 2.75) is 24.9 Å². The molecular formula is C10H19N3O4. The first kappa shape index (κ1) is 13.7. The summed E-state index contributed by atoms with van der Waals surface area (Å²) in [7, 11) is 1.64. The van der Waals surface area contributed by atoms with Crippen molar-refractivity contribution in [2.75, 3.05) is 26.7 Å². The molecular weight excluding hydrogens is 226 g/mol. The molecule has 0 aromatic heterocycles. The summed E-state index contributed by atoms with van der Waals surface area (Å²) in [6, 6.07) is -1.59. The number of hydrogen-bond donors (Lipinski definition) is 4. The average Bonchev–Trinajstić information content (AvgIpc) is 2.35. The Hall–Kier alpha value is -1.34. The highest BCUT2D eigenvalue weighted by molar-refractivity contribution is 5.82. The zero-order chi connectivity index (χ0) is 12.8. The highest BCUT2D eigenvalue weighted by Crippen LogP contribution is 2.09. The molecule has 1 aliphatic heterocycles. The Labute approximate surface area is 99.8 Å². The second-order valence-electron chi connectivity index (χ2n) is 4.11. The molecule has 0 unspecified atom stereocenters. The van der Waals surface area contributed by atoms with Gasteiger partial charge in [0.25, 0.3) is 0 Å². The molecule has 17 heavy (non-hydrogen) atoms. The number of urea groups is 1. The second kappa shape index (κ2) is 6.41. The Kier molecular flexibility index (Phi) is 5.17. The molecule has 0 aromatic carbocycles. The van der Waals surface area contributed by atoms with Crippen LogP contribution in [0.5, 0.6) is 0 Å². The molecule has 0 saturated carbocycles. The molecule has 4 N–H and O–H groups in total. The van der Waals surface area contributed by atoms with Gasteiger partial charge in [0.2, 0.25) is 0 Å². The van der Waals surface area contributed by atoms with Gasteiger partial charge in [-0.3, -0.25) is 0 Å². The fourth-order valence-corrected chi connectivity index (χ4v) is 1.80. The highest BCUT2D eigenvalue weighted by Gasteiger charge is 2.25. The number of rotatable bonds is 4. The number of aliphatic hydroxyl groups excluding tert-OH is 1. The zero-order valence-corrected chi connectivity index (χ0v) is 9.85. The molecule has 1 saturated heterocycles. The number of carboxylic acids is 1. The molecule has 1 rings (SSSR count). The van der Waals surface area contributed by atoms with Gasteiger partial charge in [-0.15, -0.1) is 0 Å². The van der Waals surface area contributed by atoms with E-state index in [0.717, 1.165) is 25.9 Å². The molecule has 1 atom stereocenters. The van der Waals surface area contributed by atoms with Crippen molar-refractivity contribution in [1.82, 2.24) is 15.5 Å². The van der Waals surface area contributed by atoms with Crippen molar-refractivity contribution in [2.24, 2.45) is 0 Å². The number of carbonyl (C=O) groups is 2. The van der Waals surface area contributed by atoms with Gasteiger partial charge in [-0.25, -0.2) is 9.59 Å². The van der Waals surface area contributed by atoms with Crippen molar-refractivity contribution >= 4 is 12.0 Å². The zero-order valence-electron chi connectivity index (χ0n) is 9.85. The third-order valence-corrected chi connectivity index (χ3v) is 2.96. The number of aliphatic hydroxyl groups is 1. The van der Waals surface area contributed by atoms with Crippen LogP contribution in [-0.4, -0.2) is 65.9 Å². The van der Waals surface area contributed by atoms with Crippen LogP contribution in [0.15, 0.2) is 0 Å². The van der Waals surface area contributed by atoms with Crippen LogP contribution in [-0.2, 0) is 4.79 Å². The van der Waals surface area contributed by atoms with E-state index < -0.39 is 24.6 Å². The normalized spacial score (nSPS) is 18.5. The number of carbonyl (C=O) groups excluding carboxylic acids is 1. The number of piperidine rings is 1. The number of hydrogen-bond acceptors (Lipinski definition) is 4. The fourth-order valence-electron chi connectivity index (χ4n) is 1.80. The molecule has 7 heteroatoms. The summed E-state index contributed by atoms with van der Waals surface area (Å²) in [5.41, 5.74) is 0. The predicted octanol–water partition coefficient (Wildman–Crippen LogP) is -1.17. The van der Waals surface area contributed by atoms with Crippen molar-refractivity contribution < 1.29 is 19.8 Å². The lowest BCUT2D eigenvalue weighted by atomic mass is 10.1. The first-order valence-electron chi connectivity index (χ1n) is 5.64. The summed E-state index contributed by atoms with van der Waals surface area (Å²) >= 11 is 0. The van der Waals surface area contributed by atoms with E-state index >= 15 is 0 Å². The predicted molar refractivity (Wildman–Crippen MR) is 60.7 cm³/mol. The third-order valence-electron chi connectivity index (χ3n) is 2.96. The summed E-state index contributed by atoms with van der Waals surface area (Å²) in [5.74, 6) is -1.24. The van der Waals surface area contributed by atoms with Crippen LogP contribution in [0, 0.1) is 0 Å². The number of nitrogens with zero attached hydrogens (tertiary/aromatic N) is 1. The highest BCUT2D eigenvalue weighted by atomic mass is 16.4. The summed E-state index contributed by atoms with van der Waals surface area (Å²) in [5, 5.41) is 23.0. The molecule has 0 aliphatic carbocycles. The van der Waals surface area contributed by atoms with Crippen molar-refractivity contribution in [3.8, 4) is 0 Å². The molecule has 1 fully saturated rings. The van der Waals surface area contributed by atoms with Crippen LogP contribution in [0.2, 0.25) is 0 Å². The van der Waals surface area contributed by atoms with Crippen LogP contribution in [0.3, 0.4) is 0 Å². The van der Waals surface area contributed by atoms with E-state index in [1.54, 1.807) is 7.05 Å². The quantitative estimate of drug-likeness (QED) is 0.499. The largest absolute Gasteiger partial charge is 0.480 e. The molecule has 98 valence electrons. The van der Waals surface area contributed by atoms with E-state index in [2.05, 4.69) is 10.6 Å². The lowest BCUT2D eigenvalue weighted by Crippen LogP contribution is -2.52. The van der Waals surface area contributed by atoms with Gasteiger partial charge in [-0.1, -0.05) is 0 Å². The average molecular weight is 245 g/mol. The monoisotopic (exact) mass is 245 g/mol. The number of aliphatic carboxylic acids is 1. The van der Waals surface area contributed by atoms with E-state index in [9.17, 15) is 9.59 Å². The van der Waals surface area contributed by atoms with Crippen LogP contribution < -0.4 is 10.6 Å². The van der Waals surface area contributed by atoms with Gasteiger partial charge in [-0.2, -0.15) is 0 Å². The molecule has 7 nitrogen and oxygen atoms in total. The lowest BCUT2D eigenvalue weighted by Gasteiger charge is -2.32. The topological polar surface area (TPSA) is 102 Å². The van der Waals surface area contributed by atoms with Gasteiger partial charge in [0.05, 0.1) is 6.61 Å². The summed E-state index contributed by atoms with van der Waals surface area (Å²) in [6.07, 6.45) is 1.70. The van der Waals surface area contributed by atoms with Crippen LogP contribution in [0.1, 0.15) is 12.8 Å². The van der Waals surface area contributed by atoms with Crippen LogP contribution >= 0.6 is 0 Å². The van der Waals surface area contributed by atoms with E-state index in [0.29, 0.717) is 0 Å². The molecule has 0 aromatic rings. The minimum atomic E-state index is -1.24. The maximum Gasteiger partial charge on any atom is 0.328 e. The van der Waals surface area contributed by atoms with Gasteiger partial charge in [0.1, 0.15) is 0 Å². The smallest absolute Gasteiger partial charge is 0.328 e. The maximum absolute atomic E-state index is 11.7. The Morgan fingerprint density at radius 3 is 2.53 bits per heavy atom. The van der Waals surface area contributed by atoms with E-state index in [-0.39, 0.29) is 6.04 Å². The SMILES string of the molecule is CN(C(=O)N[C@@H](CO)C(=O)O)C1CCNCC1. The van der Waals surface area contributed by atoms with Crippen molar-refractivity contribution in [1.29, 1.82) is 0 Å². The van der Waals surface area contributed by atoms with Crippen molar-refractivity contribution in [3.05, 3.63) is 0 Å². The summed E-state index contributed by atoms with van der Waals surface area (Å²) < 4.78 is 0. The van der Waals surface area contributed by atoms with Crippen LogP contribution in [0.4, 0.5) is 4.79 Å². The van der Waals surface area contributed by atoms with E-state index in [1.165, 1.54) is 4.90 Å². The molecule has 1 heterocycles. The van der Waals surface area contributed by atoms with Crippen LogP contribution in [0.25, 0.3) is 0 Å². The molecule has 0 spiro atoms. The summed E-state index contributed by atoms with van der Waals surface area (Å²) in [6.45, 7) is 1.09. The van der Waals surface area contributed by atoms with Gasteiger partial charge in [0, 0.05) is 13.1 Å². The number of amides is 2.